The first-order valence-electron chi connectivity index (χ1n) is 5.66. The van der Waals surface area contributed by atoms with Crippen LogP contribution in [0.5, 0.6) is 5.75 Å². The van der Waals surface area contributed by atoms with Gasteiger partial charge in [-0.05, 0) is 29.6 Å². The third-order valence-corrected chi connectivity index (χ3v) is 4.91. The number of thiazole rings is 1. The summed E-state index contributed by atoms with van der Waals surface area (Å²) in [5.41, 5.74) is 0.823. The predicted molar refractivity (Wildman–Crippen MR) is 83.5 cm³/mol. The highest BCUT2D eigenvalue weighted by Crippen LogP contribution is 2.30. The number of amides is 1. The van der Waals surface area contributed by atoms with Crippen molar-refractivity contribution < 1.29 is 9.53 Å². The van der Waals surface area contributed by atoms with Crippen molar-refractivity contribution >= 4 is 55.5 Å². The van der Waals surface area contributed by atoms with Gasteiger partial charge in [0.05, 0.1) is 22.3 Å². The van der Waals surface area contributed by atoms with E-state index in [1.54, 1.807) is 18.6 Å². The molecule has 2 aromatic heterocycles. The number of thiophene rings is 1. The zero-order valence-electron chi connectivity index (χ0n) is 10.3. The second kappa shape index (κ2) is 5.40. The van der Waals surface area contributed by atoms with Crippen LogP contribution in [0.4, 0.5) is 5.13 Å². The number of benzene rings is 1. The first kappa shape index (κ1) is 13.4. The van der Waals surface area contributed by atoms with Gasteiger partial charge in [0.25, 0.3) is 5.91 Å². The molecule has 7 heteroatoms. The van der Waals surface area contributed by atoms with Crippen molar-refractivity contribution in [2.45, 2.75) is 0 Å². The number of methoxy groups -OCH3 is 1. The highest BCUT2D eigenvalue weighted by molar-refractivity contribution is 7.22. The van der Waals surface area contributed by atoms with Gasteiger partial charge in [0, 0.05) is 0 Å². The fourth-order valence-corrected chi connectivity index (χ4v) is 3.62. The zero-order chi connectivity index (χ0) is 14.1. The maximum Gasteiger partial charge on any atom is 0.269 e. The van der Waals surface area contributed by atoms with Crippen LogP contribution in [0.25, 0.3) is 10.2 Å². The van der Waals surface area contributed by atoms with Crippen molar-refractivity contribution in [3.8, 4) is 5.75 Å². The first-order valence-corrected chi connectivity index (χ1v) is 7.73. The molecule has 0 fully saturated rings. The molecule has 3 aromatic rings. The number of nitrogens with zero attached hydrogens (tertiary/aromatic N) is 1. The molecule has 1 N–H and O–H groups in total. The summed E-state index contributed by atoms with van der Waals surface area (Å²) in [7, 11) is 1.61. The van der Waals surface area contributed by atoms with Gasteiger partial charge in [0.2, 0.25) is 0 Å². The molecule has 0 atom stereocenters. The third kappa shape index (κ3) is 2.49. The minimum Gasteiger partial charge on any atom is -0.497 e. The van der Waals surface area contributed by atoms with Crippen LogP contribution in [0.2, 0.25) is 5.02 Å². The summed E-state index contributed by atoms with van der Waals surface area (Å²) in [5.74, 6) is 0.524. The van der Waals surface area contributed by atoms with Crippen molar-refractivity contribution in [2.75, 3.05) is 12.4 Å². The van der Waals surface area contributed by atoms with Crippen molar-refractivity contribution in [3.05, 3.63) is 39.5 Å². The summed E-state index contributed by atoms with van der Waals surface area (Å²) in [4.78, 5) is 16.9. The van der Waals surface area contributed by atoms with E-state index in [4.69, 9.17) is 16.3 Å². The number of hydrogen-bond acceptors (Lipinski definition) is 5. The van der Waals surface area contributed by atoms with E-state index in [1.165, 1.54) is 22.7 Å². The number of aromatic nitrogens is 1. The number of carbonyl (C=O) groups excluding carboxylic acids is 1. The van der Waals surface area contributed by atoms with Gasteiger partial charge in [0.15, 0.2) is 5.13 Å². The van der Waals surface area contributed by atoms with Crippen LogP contribution in [0.1, 0.15) is 9.67 Å². The van der Waals surface area contributed by atoms with Crippen LogP contribution < -0.4 is 10.1 Å². The molecule has 1 aromatic carbocycles. The molecule has 0 aliphatic rings. The Morgan fingerprint density at radius 2 is 2.25 bits per heavy atom. The quantitative estimate of drug-likeness (QED) is 0.782. The summed E-state index contributed by atoms with van der Waals surface area (Å²) in [6, 6.07) is 7.29. The number of fused-ring (bicyclic) bond motifs is 1. The lowest BCUT2D eigenvalue weighted by molar-refractivity contribution is 0.103. The summed E-state index contributed by atoms with van der Waals surface area (Å²) in [6.45, 7) is 0. The Labute approximate surface area is 128 Å². The van der Waals surface area contributed by atoms with Crippen LogP contribution in [-0.2, 0) is 0 Å². The molecule has 0 unspecified atom stereocenters. The maximum atomic E-state index is 12.1. The molecule has 0 saturated carbocycles. The van der Waals surface area contributed by atoms with Crippen molar-refractivity contribution in [3.63, 3.8) is 0 Å². The van der Waals surface area contributed by atoms with Crippen molar-refractivity contribution in [2.24, 2.45) is 0 Å². The van der Waals surface area contributed by atoms with Crippen molar-refractivity contribution in [1.82, 2.24) is 4.98 Å². The molecular weight excluding hydrogens is 316 g/mol. The summed E-state index contributed by atoms with van der Waals surface area (Å²) >= 11 is 8.63. The fourth-order valence-electron chi connectivity index (χ4n) is 1.70. The minimum atomic E-state index is -0.240. The molecule has 0 radical (unpaired) electrons. The van der Waals surface area contributed by atoms with Gasteiger partial charge in [-0.1, -0.05) is 22.9 Å². The molecule has 1 amide bonds. The van der Waals surface area contributed by atoms with Gasteiger partial charge in [0.1, 0.15) is 10.6 Å². The molecule has 0 spiro atoms. The second-order valence-corrected chi connectivity index (χ2v) is 6.26. The second-order valence-electron chi connectivity index (χ2n) is 3.90. The lowest BCUT2D eigenvalue weighted by Crippen LogP contribution is -2.10. The summed E-state index contributed by atoms with van der Waals surface area (Å²) in [5, 5.41) is 5.54. The number of hydrogen-bond donors (Lipinski definition) is 1. The van der Waals surface area contributed by atoms with Crippen LogP contribution in [0, 0.1) is 0 Å². The van der Waals surface area contributed by atoms with E-state index >= 15 is 0 Å². The molecule has 2 heterocycles. The molecule has 0 saturated heterocycles. The van der Waals surface area contributed by atoms with E-state index in [1.807, 2.05) is 18.2 Å². The van der Waals surface area contributed by atoms with E-state index < -0.39 is 0 Å². The Kier molecular flexibility index (Phi) is 3.60. The van der Waals surface area contributed by atoms with Crippen LogP contribution in [0.3, 0.4) is 0 Å². The largest absolute Gasteiger partial charge is 0.497 e. The smallest absolute Gasteiger partial charge is 0.269 e. The number of ether oxygens (including phenoxy) is 1. The van der Waals surface area contributed by atoms with Crippen molar-refractivity contribution in [1.29, 1.82) is 0 Å². The van der Waals surface area contributed by atoms with Crippen LogP contribution >= 0.6 is 34.3 Å². The van der Waals surface area contributed by atoms with Gasteiger partial charge in [-0.2, -0.15) is 0 Å². The first-order chi connectivity index (χ1) is 9.67. The molecular formula is C13H9ClN2O2S2. The lowest BCUT2D eigenvalue weighted by Gasteiger charge is -1.98. The Balaban J connectivity index is 1.88. The van der Waals surface area contributed by atoms with Crippen LogP contribution in [-0.4, -0.2) is 18.0 Å². The Bertz CT molecular complexity index is 782. The van der Waals surface area contributed by atoms with Gasteiger partial charge in [-0.25, -0.2) is 4.98 Å². The van der Waals surface area contributed by atoms with E-state index in [0.717, 1.165) is 16.0 Å². The highest BCUT2D eigenvalue weighted by Gasteiger charge is 2.14. The zero-order valence-corrected chi connectivity index (χ0v) is 12.7. The number of rotatable bonds is 3. The minimum absolute atomic E-state index is 0.240. The summed E-state index contributed by atoms with van der Waals surface area (Å²) in [6.07, 6.45) is 0. The van der Waals surface area contributed by atoms with E-state index in [9.17, 15) is 4.79 Å². The predicted octanol–water partition coefficient (Wildman–Crippen LogP) is 4.27. The third-order valence-electron chi connectivity index (χ3n) is 2.64. The number of carbonyl (C=O) groups is 1. The monoisotopic (exact) mass is 324 g/mol. The fraction of sp³-hybridized carbons (Fsp3) is 0.0769. The molecule has 0 aliphatic carbocycles. The van der Waals surface area contributed by atoms with E-state index in [-0.39, 0.29) is 5.91 Å². The van der Waals surface area contributed by atoms with Gasteiger partial charge >= 0.3 is 0 Å². The standard InChI is InChI=1S/C13H9ClN2O2S2/c1-18-7-2-3-9-10(6-7)20-13(15-9)16-12(17)11-8(14)4-5-19-11/h2-6H,1H3,(H,15,16,17). The number of nitrogens with one attached hydrogen (secondary N) is 1. The summed E-state index contributed by atoms with van der Waals surface area (Å²) < 4.78 is 6.12. The highest BCUT2D eigenvalue weighted by atomic mass is 35.5. The van der Waals surface area contributed by atoms with Gasteiger partial charge in [-0.3, -0.25) is 10.1 Å². The van der Waals surface area contributed by atoms with Crippen LogP contribution in [0.15, 0.2) is 29.6 Å². The number of halogens is 1. The number of anilines is 1. The Morgan fingerprint density at radius 1 is 1.40 bits per heavy atom. The Morgan fingerprint density at radius 3 is 2.95 bits per heavy atom. The maximum absolute atomic E-state index is 12.1. The molecule has 102 valence electrons. The molecule has 0 bridgehead atoms. The normalized spacial score (nSPS) is 10.7. The molecule has 0 aliphatic heterocycles. The van der Waals surface area contributed by atoms with Gasteiger partial charge < -0.3 is 4.74 Å². The average Bonchev–Trinajstić information content (AvgIpc) is 3.03. The Hall–Kier alpha value is -1.63. The molecule has 3 rings (SSSR count). The molecule has 20 heavy (non-hydrogen) atoms. The SMILES string of the molecule is COc1ccc2nc(NC(=O)c3sccc3Cl)sc2c1. The molecule has 4 nitrogen and oxygen atoms in total. The van der Waals surface area contributed by atoms with E-state index in [2.05, 4.69) is 10.3 Å². The van der Waals surface area contributed by atoms with E-state index in [0.29, 0.717) is 15.0 Å². The van der Waals surface area contributed by atoms with Gasteiger partial charge in [-0.15, -0.1) is 11.3 Å². The lowest BCUT2D eigenvalue weighted by atomic mass is 10.3. The topological polar surface area (TPSA) is 51.2 Å². The average molecular weight is 325 g/mol.